The number of nitrogens with zero attached hydrogens (tertiary/aromatic N) is 1. The lowest BCUT2D eigenvalue weighted by molar-refractivity contribution is 0.600. The maximum absolute atomic E-state index is 12.3. The summed E-state index contributed by atoms with van der Waals surface area (Å²) in [5.41, 5.74) is 6.23. The fourth-order valence-electron chi connectivity index (χ4n) is 2.01. The predicted molar refractivity (Wildman–Crippen MR) is 101 cm³/mol. The third kappa shape index (κ3) is 4.12. The van der Waals surface area contributed by atoms with Crippen LogP contribution in [0.1, 0.15) is 0 Å². The Bertz CT molecular complexity index is 1090. The van der Waals surface area contributed by atoms with Crippen LogP contribution in [0.15, 0.2) is 69.9 Å². The first-order valence-electron chi connectivity index (χ1n) is 7.17. The summed E-state index contributed by atoms with van der Waals surface area (Å²) in [5.74, 6) is 0. The van der Waals surface area contributed by atoms with E-state index in [-0.39, 0.29) is 20.6 Å². The van der Waals surface area contributed by atoms with Crippen molar-refractivity contribution < 1.29 is 16.8 Å². The van der Waals surface area contributed by atoms with E-state index in [1.807, 2.05) is 0 Å². The minimum atomic E-state index is -3.80. The highest BCUT2D eigenvalue weighted by Crippen LogP contribution is 2.21. The molecule has 4 N–H and O–H groups in total. The molecule has 1 heterocycles. The SMILES string of the molecule is Nc1ccc(S(=O)(=O)Nc2ccc(S(=O)(=O)Nc3nccs3)cc2)cc1. The lowest BCUT2D eigenvalue weighted by atomic mass is 10.3. The quantitative estimate of drug-likeness (QED) is 0.535. The van der Waals surface area contributed by atoms with Crippen LogP contribution in [0, 0.1) is 0 Å². The number of aromatic nitrogens is 1. The number of thiazole rings is 1. The topological polar surface area (TPSA) is 131 Å². The van der Waals surface area contributed by atoms with E-state index >= 15 is 0 Å². The van der Waals surface area contributed by atoms with Gasteiger partial charge >= 0.3 is 0 Å². The van der Waals surface area contributed by atoms with E-state index in [9.17, 15) is 16.8 Å². The number of nitrogens with two attached hydrogens (primary N) is 1. The van der Waals surface area contributed by atoms with Gasteiger partial charge in [-0.1, -0.05) is 0 Å². The van der Waals surface area contributed by atoms with Crippen molar-refractivity contribution in [1.29, 1.82) is 0 Å². The van der Waals surface area contributed by atoms with E-state index in [1.165, 1.54) is 54.7 Å². The Hall–Kier alpha value is -2.63. The molecule has 0 radical (unpaired) electrons. The number of sulfonamides is 2. The van der Waals surface area contributed by atoms with Gasteiger partial charge in [0.1, 0.15) is 0 Å². The van der Waals surface area contributed by atoms with Crippen molar-refractivity contribution in [1.82, 2.24) is 4.98 Å². The van der Waals surface area contributed by atoms with E-state index in [0.717, 1.165) is 11.3 Å². The molecule has 0 aliphatic carbocycles. The Morgan fingerprint density at radius 2 is 1.35 bits per heavy atom. The summed E-state index contributed by atoms with van der Waals surface area (Å²) in [4.78, 5) is 3.90. The van der Waals surface area contributed by atoms with Gasteiger partial charge in [-0.25, -0.2) is 21.8 Å². The summed E-state index contributed by atoms with van der Waals surface area (Å²) in [5, 5.41) is 1.89. The summed E-state index contributed by atoms with van der Waals surface area (Å²) < 4.78 is 53.9. The highest BCUT2D eigenvalue weighted by atomic mass is 32.2. The van der Waals surface area contributed by atoms with E-state index in [2.05, 4.69) is 14.4 Å². The lowest BCUT2D eigenvalue weighted by Gasteiger charge is -2.10. The summed E-state index contributed by atoms with van der Waals surface area (Å²) in [6, 6.07) is 11.1. The zero-order valence-corrected chi connectivity index (χ0v) is 15.6. The first-order chi connectivity index (χ1) is 12.3. The van der Waals surface area contributed by atoms with Crippen molar-refractivity contribution in [2.24, 2.45) is 0 Å². The van der Waals surface area contributed by atoms with Crippen LogP contribution in [-0.4, -0.2) is 21.8 Å². The van der Waals surface area contributed by atoms with Crippen LogP contribution in [0.5, 0.6) is 0 Å². The molecule has 0 spiro atoms. The summed E-state index contributed by atoms with van der Waals surface area (Å²) in [7, 11) is -7.59. The second kappa shape index (κ2) is 6.94. The largest absolute Gasteiger partial charge is 0.399 e. The number of anilines is 3. The zero-order chi connectivity index (χ0) is 18.8. The Morgan fingerprint density at radius 3 is 1.88 bits per heavy atom. The number of rotatable bonds is 6. The van der Waals surface area contributed by atoms with Gasteiger partial charge in [0, 0.05) is 23.0 Å². The van der Waals surface area contributed by atoms with Gasteiger partial charge in [-0.3, -0.25) is 9.44 Å². The third-order valence-electron chi connectivity index (χ3n) is 3.26. The average Bonchev–Trinajstić information content (AvgIpc) is 3.07. The molecule has 1 aromatic heterocycles. The van der Waals surface area contributed by atoms with Crippen LogP contribution in [0.2, 0.25) is 0 Å². The summed E-state index contributed by atoms with van der Waals surface area (Å²) in [6.45, 7) is 0. The van der Waals surface area contributed by atoms with Gasteiger partial charge in [-0.15, -0.1) is 11.3 Å². The second-order valence-corrected chi connectivity index (χ2v) is 9.40. The Kier molecular flexibility index (Phi) is 4.85. The third-order valence-corrected chi connectivity index (χ3v) is 6.83. The van der Waals surface area contributed by atoms with Crippen LogP contribution < -0.4 is 15.2 Å². The highest BCUT2D eigenvalue weighted by molar-refractivity contribution is 7.93. The maximum atomic E-state index is 12.3. The molecule has 0 saturated carbocycles. The number of nitrogens with one attached hydrogen (secondary N) is 2. The predicted octanol–water partition coefficient (Wildman–Crippen LogP) is 2.33. The first kappa shape index (κ1) is 18.2. The standard InChI is InChI=1S/C15H14N4O4S3/c16-11-1-5-13(6-2-11)25(20,21)18-12-3-7-14(8-4-12)26(22,23)19-15-17-9-10-24-15/h1-10,18H,16H2,(H,17,19). The number of hydrogen-bond donors (Lipinski definition) is 3. The van der Waals surface area contributed by atoms with E-state index in [0.29, 0.717) is 5.69 Å². The van der Waals surface area contributed by atoms with Crippen LogP contribution in [-0.2, 0) is 20.0 Å². The van der Waals surface area contributed by atoms with E-state index in [1.54, 1.807) is 5.38 Å². The average molecular weight is 411 g/mol. The molecule has 0 saturated heterocycles. The Balaban J connectivity index is 1.78. The minimum absolute atomic E-state index is 0.0110. The molecule has 0 bridgehead atoms. The highest BCUT2D eigenvalue weighted by Gasteiger charge is 2.17. The normalized spacial score (nSPS) is 11.8. The van der Waals surface area contributed by atoms with Gasteiger partial charge in [-0.05, 0) is 48.5 Å². The van der Waals surface area contributed by atoms with Crippen molar-refractivity contribution in [2.75, 3.05) is 15.2 Å². The molecule has 8 nitrogen and oxygen atoms in total. The first-order valence-corrected chi connectivity index (χ1v) is 11.0. The van der Waals surface area contributed by atoms with Gasteiger partial charge in [0.2, 0.25) is 0 Å². The summed E-state index contributed by atoms with van der Waals surface area (Å²) >= 11 is 1.15. The minimum Gasteiger partial charge on any atom is -0.399 e. The molecule has 0 aliphatic heterocycles. The van der Waals surface area contributed by atoms with Gasteiger partial charge in [-0.2, -0.15) is 0 Å². The molecular weight excluding hydrogens is 396 g/mol. The molecule has 0 fully saturated rings. The molecule has 3 rings (SSSR count). The van der Waals surface area contributed by atoms with Gasteiger partial charge < -0.3 is 5.73 Å². The van der Waals surface area contributed by atoms with Gasteiger partial charge in [0.15, 0.2) is 5.13 Å². The van der Waals surface area contributed by atoms with Gasteiger partial charge in [0.25, 0.3) is 20.0 Å². The molecule has 2 aromatic carbocycles. The Labute approximate surface area is 154 Å². The monoisotopic (exact) mass is 410 g/mol. The van der Waals surface area contributed by atoms with Crippen molar-refractivity contribution >= 4 is 47.9 Å². The molecule has 11 heteroatoms. The molecule has 26 heavy (non-hydrogen) atoms. The molecule has 3 aromatic rings. The van der Waals surface area contributed by atoms with Crippen LogP contribution in [0.3, 0.4) is 0 Å². The van der Waals surface area contributed by atoms with Crippen molar-refractivity contribution in [3.63, 3.8) is 0 Å². The van der Waals surface area contributed by atoms with Crippen molar-refractivity contribution in [3.05, 3.63) is 60.1 Å². The number of nitrogen functional groups attached to an aromatic ring is 1. The molecule has 0 aliphatic rings. The van der Waals surface area contributed by atoms with Crippen molar-refractivity contribution in [2.45, 2.75) is 9.79 Å². The van der Waals surface area contributed by atoms with Crippen molar-refractivity contribution in [3.8, 4) is 0 Å². The van der Waals surface area contributed by atoms with Crippen LogP contribution in [0.4, 0.5) is 16.5 Å². The maximum Gasteiger partial charge on any atom is 0.263 e. The summed E-state index contributed by atoms with van der Waals surface area (Å²) in [6.07, 6.45) is 1.48. The molecule has 0 unspecified atom stereocenters. The fraction of sp³-hybridized carbons (Fsp3) is 0. The lowest BCUT2D eigenvalue weighted by Crippen LogP contribution is -2.14. The molecule has 136 valence electrons. The van der Waals surface area contributed by atoms with Crippen LogP contribution in [0.25, 0.3) is 0 Å². The Morgan fingerprint density at radius 1 is 0.808 bits per heavy atom. The molecule has 0 atom stereocenters. The fourth-order valence-corrected chi connectivity index (χ4v) is 4.86. The van der Waals surface area contributed by atoms with E-state index in [4.69, 9.17) is 5.73 Å². The number of hydrogen-bond acceptors (Lipinski definition) is 7. The van der Waals surface area contributed by atoms with Crippen LogP contribution >= 0.6 is 11.3 Å². The zero-order valence-electron chi connectivity index (χ0n) is 13.2. The molecular formula is C15H14N4O4S3. The number of benzene rings is 2. The molecule has 0 amide bonds. The van der Waals surface area contributed by atoms with Gasteiger partial charge in [0.05, 0.1) is 9.79 Å². The van der Waals surface area contributed by atoms with E-state index < -0.39 is 20.0 Å². The second-order valence-electron chi connectivity index (χ2n) is 5.14. The smallest absolute Gasteiger partial charge is 0.263 e.